The van der Waals surface area contributed by atoms with Crippen molar-refractivity contribution in [1.29, 1.82) is 0 Å². The number of nitrogens with two attached hydrogens (primary N) is 1. The maximum atomic E-state index is 13.4. The predicted molar refractivity (Wildman–Crippen MR) is 71.9 cm³/mol. The molecule has 96 valence electrons. The number of nitrogens with zero attached hydrogens (tertiary/aromatic N) is 1. The molecule has 0 amide bonds. The Hall–Kier alpha value is -1.09. The number of hydrogen-bond acceptors (Lipinski definition) is 2. The lowest BCUT2D eigenvalue weighted by atomic mass is 10.1. The predicted octanol–water partition coefficient (Wildman–Crippen LogP) is 2.81. The van der Waals surface area contributed by atoms with Crippen molar-refractivity contribution in [3.05, 3.63) is 29.6 Å². The second-order valence-corrected chi connectivity index (χ2v) is 4.96. The van der Waals surface area contributed by atoms with E-state index in [4.69, 9.17) is 5.73 Å². The molecule has 0 aliphatic heterocycles. The van der Waals surface area contributed by atoms with Gasteiger partial charge in [-0.25, -0.2) is 4.39 Å². The molecule has 1 aromatic carbocycles. The Morgan fingerprint density at radius 3 is 2.59 bits per heavy atom. The average molecular weight is 238 g/mol. The van der Waals surface area contributed by atoms with E-state index in [0.29, 0.717) is 12.5 Å². The molecule has 1 rings (SSSR count). The SMILES string of the molecule is CC(C)CCN(C)c1cc(F)cc(CCN)c1. The average Bonchev–Trinajstić information content (AvgIpc) is 2.25. The van der Waals surface area contributed by atoms with Crippen LogP contribution in [0.1, 0.15) is 25.8 Å². The molecule has 0 saturated heterocycles. The molecular weight excluding hydrogens is 215 g/mol. The molecule has 1 aromatic rings. The summed E-state index contributed by atoms with van der Waals surface area (Å²) < 4.78 is 13.4. The van der Waals surface area contributed by atoms with E-state index in [1.807, 2.05) is 13.1 Å². The molecule has 3 heteroatoms. The molecule has 2 nitrogen and oxygen atoms in total. The summed E-state index contributed by atoms with van der Waals surface area (Å²) in [6.07, 6.45) is 1.84. The highest BCUT2D eigenvalue weighted by atomic mass is 19.1. The molecule has 0 spiro atoms. The molecule has 0 aliphatic carbocycles. The van der Waals surface area contributed by atoms with Crippen LogP contribution in [-0.4, -0.2) is 20.1 Å². The molecular formula is C14H23FN2. The second kappa shape index (κ2) is 6.60. The molecule has 0 aliphatic rings. The normalized spacial score (nSPS) is 10.9. The number of rotatable bonds is 6. The van der Waals surface area contributed by atoms with E-state index in [1.165, 1.54) is 0 Å². The van der Waals surface area contributed by atoms with E-state index in [1.54, 1.807) is 12.1 Å². The van der Waals surface area contributed by atoms with E-state index in [2.05, 4.69) is 18.7 Å². The summed E-state index contributed by atoms with van der Waals surface area (Å²) in [4.78, 5) is 2.10. The smallest absolute Gasteiger partial charge is 0.125 e. The summed E-state index contributed by atoms with van der Waals surface area (Å²) in [5.74, 6) is 0.483. The third-order valence-corrected chi connectivity index (χ3v) is 2.86. The first-order valence-corrected chi connectivity index (χ1v) is 6.23. The zero-order valence-electron chi connectivity index (χ0n) is 11.0. The van der Waals surface area contributed by atoms with Gasteiger partial charge < -0.3 is 10.6 Å². The highest BCUT2D eigenvalue weighted by molar-refractivity contribution is 5.48. The Balaban J connectivity index is 2.74. The first-order valence-electron chi connectivity index (χ1n) is 6.23. The maximum absolute atomic E-state index is 13.4. The van der Waals surface area contributed by atoms with Gasteiger partial charge in [0.2, 0.25) is 0 Å². The van der Waals surface area contributed by atoms with Gasteiger partial charge in [-0.3, -0.25) is 0 Å². The third kappa shape index (κ3) is 4.73. The lowest BCUT2D eigenvalue weighted by molar-refractivity contribution is 0.583. The van der Waals surface area contributed by atoms with Crippen LogP contribution in [0.2, 0.25) is 0 Å². The monoisotopic (exact) mass is 238 g/mol. The molecule has 0 heterocycles. The molecule has 0 saturated carbocycles. The standard InChI is InChI=1S/C14H23FN2/c1-11(2)5-7-17(3)14-9-12(4-6-16)8-13(15)10-14/h8-11H,4-7,16H2,1-3H3. The second-order valence-electron chi connectivity index (χ2n) is 4.96. The quantitative estimate of drug-likeness (QED) is 0.825. The van der Waals surface area contributed by atoms with Crippen LogP contribution < -0.4 is 10.6 Å². The molecule has 0 radical (unpaired) electrons. The van der Waals surface area contributed by atoms with Crippen molar-refractivity contribution in [2.45, 2.75) is 26.7 Å². The van der Waals surface area contributed by atoms with Crippen LogP contribution in [0, 0.1) is 11.7 Å². The van der Waals surface area contributed by atoms with Crippen molar-refractivity contribution in [1.82, 2.24) is 0 Å². The van der Waals surface area contributed by atoms with Crippen molar-refractivity contribution >= 4 is 5.69 Å². The minimum atomic E-state index is -0.178. The Labute approximate surface area is 104 Å². The lowest BCUT2D eigenvalue weighted by Crippen LogP contribution is -2.20. The first-order chi connectivity index (χ1) is 8.02. The molecule has 0 bridgehead atoms. The topological polar surface area (TPSA) is 29.3 Å². The van der Waals surface area contributed by atoms with E-state index in [9.17, 15) is 4.39 Å². The van der Waals surface area contributed by atoms with Gasteiger partial charge in [0.25, 0.3) is 0 Å². The van der Waals surface area contributed by atoms with Crippen LogP contribution in [0.15, 0.2) is 18.2 Å². The van der Waals surface area contributed by atoms with Gasteiger partial charge in [0.05, 0.1) is 0 Å². The van der Waals surface area contributed by atoms with Crippen LogP contribution in [0.5, 0.6) is 0 Å². The van der Waals surface area contributed by atoms with Crippen LogP contribution in [-0.2, 0) is 6.42 Å². The first kappa shape index (κ1) is 14.0. The molecule has 2 N–H and O–H groups in total. The minimum absolute atomic E-state index is 0.178. The van der Waals surface area contributed by atoms with Gasteiger partial charge in [-0.2, -0.15) is 0 Å². The number of anilines is 1. The van der Waals surface area contributed by atoms with Gasteiger partial charge in [0.15, 0.2) is 0 Å². The van der Waals surface area contributed by atoms with Crippen LogP contribution in [0.25, 0.3) is 0 Å². The van der Waals surface area contributed by atoms with Gasteiger partial charge in [0, 0.05) is 19.3 Å². The molecule has 0 unspecified atom stereocenters. The van der Waals surface area contributed by atoms with Crippen LogP contribution >= 0.6 is 0 Å². The number of hydrogen-bond donors (Lipinski definition) is 1. The van der Waals surface area contributed by atoms with E-state index < -0.39 is 0 Å². The van der Waals surface area contributed by atoms with Gasteiger partial charge in [-0.1, -0.05) is 13.8 Å². The fraction of sp³-hybridized carbons (Fsp3) is 0.571. The maximum Gasteiger partial charge on any atom is 0.125 e. The summed E-state index contributed by atoms with van der Waals surface area (Å²) in [5, 5.41) is 0. The van der Waals surface area contributed by atoms with E-state index in [-0.39, 0.29) is 5.82 Å². The summed E-state index contributed by atoms with van der Waals surface area (Å²) in [6.45, 7) is 5.89. The minimum Gasteiger partial charge on any atom is -0.374 e. The third-order valence-electron chi connectivity index (χ3n) is 2.86. The van der Waals surface area contributed by atoms with E-state index in [0.717, 1.165) is 30.6 Å². The van der Waals surface area contributed by atoms with Gasteiger partial charge in [0.1, 0.15) is 5.82 Å². The van der Waals surface area contributed by atoms with Gasteiger partial charge in [-0.05, 0) is 49.1 Å². The summed E-state index contributed by atoms with van der Waals surface area (Å²) in [5.41, 5.74) is 7.41. The Morgan fingerprint density at radius 2 is 2.00 bits per heavy atom. The molecule has 0 aromatic heterocycles. The van der Waals surface area contributed by atoms with Crippen molar-refractivity contribution in [2.75, 3.05) is 25.0 Å². The number of halogens is 1. The van der Waals surface area contributed by atoms with Gasteiger partial charge >= 0.3 is 0 Å². The molecule has 17 heavy (non-hydrogen) atoms. The Bertz CT molecular complexity index is 350. The zero-order chi connectivity index (χ0) is 12.8. The highest BCUT2D eigenvalue weighted by Gasteiger charge is 2.06. The van der Waals surface area contributed by atoms with Gasteiger partial charge in [-0.15, -0.1) is 0 Å². The van der Waals surface area contributed by atoms with E-state index >= 15 is 0 Å². The zero-order valence-corrected chi connectivity index (χ0v) is 11.0. The number of benzene rings is 1. The van der Waals surface area contributed by atoms with Crippen LogP contribution in [0.3, 0.4) is 0 Å². The van der Waals surface area contributed by atoms with Crippen LogP contribution in [0.4, 0.5) is 10.1 Å². The summed E-state index contributed by atoms with van der Waals surface area (Å²) in [6, 6.07) is 5.17. The Kier molecular flexibility index (Phi) is 5.42. The molecule has 0 atom stereocenters. The van der Waals surface area contributed by atoms with Crippen molar-refractivity contribution in [2.24, 2.45) is 11.7 Å². The fourth-order valence-corrected chi connectivity index (χ4v) is 1.75. The summed E-state index contributed by atoms with van der Waals surface area (Å²) >= 11 is 0. The lowest BCUT2D eigenvalue weighted by Gasteiger charge is -2.21. The summed E-state index contributed by atoms with van der Waals surface area (Å²) in [7, 11) is 2.00. The highest BCUT2D eigenvalue weighted by Crippen LogP contribution is 2.18. The largest absolute Gasteiger partial charge is 0.374 e. The van der Waals surface area contributed by atoms with Crippen molar-refractivity contribution in [3.63, 3.8) is 0 Å². The van der Waals surface area contributed by atoms with Crippen molar-refractivity contribution in [3.8, 4) is 0 Å². The Morgan fingerprint density at radius 1 is 1.29 bits per heavy atom. The molecule has 0 fully saturated rings. The fourth-order valence-electron chi connectivity index (χ4n) is 1.75. The van der Waals surface area contributed by atoms with Crippen molar-refractivity contribution < 1.29 is 4.39 Å².